The van der Waals surface area contributed by atoms with E-state index in [1.165, 1.54) is 0 Å². The normalized spacial score (nSPS) is 16.9. The Balaban J connectivity index is 4.64. The summed E-state index contributed by atoms with van der Waals surface area (Å²) in [7, 11) is -1.08. The lowest BCUT2D eigenvalue weighted by atomic mass is 10.1. The van der Waals surface area contributed by atoms with Gasteiger partial charge in [0.05, 0.1) is 0 Å². The van der Waals surface area contributed by atoms with Gasteiger partial charge < -0.3 is 8.57 Å². The number of hydrogen-bond donors (Lipinski definition) is 0. The first-order valence-electron chi connectivity index (χ1n) is 3.78. The molecule has 0 aromatic heterocycles. The van der Waals surface area contributed by atoms with Crippen LogP contribution in [0.2, 0.25) is 0 Å². The molecule has 0 aliphatic heterocycles. The highest BCUT2D eigenvalue weighted by Crippen LogP contribution is 2.13. The third-order valence-corrected chi connectivity index (χ3v) is 2.64. The Labute approximate surface area is 71.6 Å². The summed E-state index contributed by atoms with van der Waals surface area (Å²) in [5.74, 6) is 0. The van der Waals surface area contributed by atoms with Gasteiger partial charge in [0, 0.05) is 5.54 Å². The van der Waals surface area contributed by atoms with Crippen molar-refractivity contribution in [1.82, 2.24) is 0 Å². The zero-order valence-electron chi connectivity index (χ0n) is 8.26. The Morgan fingerprint density at radius 1 is 1.00 bits per heavy atom. The number of nitrogens with zero attached hydrogens (tertiary/aromatic N) is 1. The zero-order chi connectivity index (χ0) is 9.28. The van der Waals surface area contributed by atoms with Gasteiger partial charge in [0.15, 0.2) is 0 Å². The van der Waals surface area contributed by atoms with Crippen LogP contribution in [0.15, 0.2) is 4.36 Å². The highest BCUT2D eigenvalue weighted by Gasteiger charge is 2.06. The topological polar surface area (TPSA) is 29.4 Å². The summed E-state index contributed by atoms with van der Waals surface area (Å²) in [6.45, 7) is 11.7. The molecule has 3 heteroatoms. The minimum atomic E-state index is -1.08. The fraction of sp³-hybridized carbons (Fsp3) is 1.00. The molecule has 11 heavy (non-hydrogen) atoms. The fourth-order valence-electron chi connectivity index (χ4n) is 0.386. The second-order valence-corrected chi connectivity index (χ2v) is 6.53. The molecule has 0 rings (SSSR count). The van der Waals surface area contributed by atoms with E-state index in [1.54, 1.807) is 0 Å². The quantitative estimate of drug-likeness (QED) is 0.522. The SMILES string of the molecule is CC(C)(C)N=[S-](=O)C(C)(C)C. The van der Waals surface area contributed by atoms with Gasteiger partial charge in [-0.15, -0.1) is 0 Å². The largest absolute Gasteiger partial charge is 0.444 e. The van der Waals surface area contributed by atoms with Crippen LogP contribution >= 0.6 is 0 Å². The minimum Gasteiger partial charge on any atom is -0.444 e. The van der Waals surface area contributed by atoms with E-state index in [2.05, 4.69) is 4.36 Å². The van der Waals surface area contributed by atoms with Crippen LogP contribution in [0.4, 0.5) is 0 Å². The third-order valence-electron chi connectivity index (χ3n) is 0.881. The second kappa shape index (κ2) is 3.13. The summed E-state index contributed by atoms with van der Waals surface area (Å²) in [6.07, 6.45) is 0. The molecule has 0 unspecified atom stereocenters. The van der Waals surface area contributed by atoms with Crippen molar-refractivity contribution in [2.24, 2.45) is 4.36 Å². The lowest BCUT2D eigenvalue weighted by Gasteiger charge is -2.27. The molecule has 0 amide bonds. The first-order chi connectivity index (χ1) is 4.63. The smallest absolute Gasteiger partial charge is 0.0266 e. The van der Waals surface area contributed by atoms with Crippen LogP contribution in [-0.2, 0) is 14.8 Å². The van der Waals surface area contributed by atoms with Crippen molar-refractivity contribution in [3.63, 3.8) is 0 Å². The van der Waals surface area contributed by atoms with Crippen molar-refractivity contribution >= 4 is 10.6 Å². The molecule has 0 N–H and O–H groups in total. The molecule has 0 fully saturated rings. The van der Waals surface area contributed by atoms with Gasteiger partial charge in [-0.1, -0.05) is 25.5 Å². The van der Waals surface area contributed by atoms with Crippen molar-refractivity contribution in [1.29, 1.82) is 0 Å². The van der Waals surface area contributed by atoms with Crippen molar-refractivity contribution < 1.29 is 4.21 Å². The Morgan fingerprint density at radius 3 is 1.45 bits per heavy atom. The summed E-state index contributed by atoms with van der Waals surface area (Å²) < 4.78 is 15.3. The summed E-state index contributed by atoms with van der Waals surface area (Å²) in [6, 6.07) is 0. The highest BCUT2D eigenvalue weighted by atomic mass is 32.2. The molecule has 0 aromatic carbocycles. The highest BCUT2D eigenvalue weighted by molar-refractivity contribution is 7.76. The average Bonchev–Trinajstić information content (AvgIpc) is 1.56. The first-order valence-corrected chi connectivity index (χ1v) is 4.88. The van der Waals surface area contributed by atoms with Gasteiger partial charge in [-0.2, -0.15) is 10.6 Å². The Hall–Kier alpha value is -0.0500. The Kier molecular flexibility index (Phi) is 3.12. The molecule has 0 radical (unpaired) electrons. The van der Waals surface area contributed by atoms with Crippen molar-refractivity contribution in [3.05, 3.63) is 0 Å². The summed E-state index contributed by atoms with van der Waals surface area (Å²) in [5.41, 5.74) is -0.196. The van der Waals surface area contributed by atoms with E-state index in [9.17, 15) is 4.21 Å². The average molecular weight is 176 g/mol. The summed E-state index contributed by atoms with van der Waals surface area (Å²) in [4.78, 5) is 0. The Morgan fingerprint density at radius 2 is 1.36 bits per heavy atom. The standard InChI is InChI=1S/C8H18NOS/c1-7(2,3)9-11(10)8(4,5)6/h1-6H3/q-1. The van der Waals surface area contributed by atoms with Crippen LogP contribution in [0.5, 0.6) is 0 Å². The number of hydrogen-bond acceptors (Lipinski definition) is 3. The van der Waals surface area contributed by atoms with Gasteiger partial charge >= 0.3 is 0 Å². The van der Waals surface area contributed by atoms with Crippen molar-refractivity contribution in [2.75, 3.05) is 0 Å². The maximum absolute atomic E-state index is 11.4. The number of rotatable bonds is 0. The lowest BCUT2D eigenvalue weighted by Crippen LogP contribution is -2.19. The van der Waals surface area contributed by atoms with Gasteiger partial charge in [-0.25, -0.2) is 0 Å². The van der Waals surface area contributed by atoms with Gasteiger partial charge in [-0.3, -0.25) is 0 Å². The molecule has 0 saturated carbocycles. The summed E-state index contributed by atoms with van der Waals surface area (Å²) >= 11 is 0. The van der Waals surface area contributed by atoms with E-state index in [0.717, 1.165) is 0 Å². The van der Waals surface area contributed by atoms with Gasteiger partial charge in [0.2, 0.25) is 0 Å². The van der Waals surface area contributed by atoms with E-state index in [4.69, 9.17) is 0 Å². The molecule has 0 bridgehead atoms. The molecule has 0 aliphatic carbocycles. The Bertz CT molecular complexity index is 201. The monoisotopic (exact) mass is 176 g/mol. The molecule has 0 aliphatic rings. The van der Waals surface area contributed by atoms with Gasteiger partial charge in [0.25, 0.3) is 0 Å². The van der Waals surface area contributed by atoms with Gasteiger partial charge in [-0.05, 0) is 20.8 Å². The molecule has 0 spiro atoms. The predicted molar refractivity (Wildman–Crippen MR) is 50.0 cm³/mol. The molecule has 0 saturated heterocycles. The third kappa shape index (κ3) is 5.24. The van der Waals surface area contributed by atoms with Crippen LogP contribution in [0.3, 0.4) is 0 Å². The molecule has 0 aromatic rings. The van der Waals surface area contributed by atoms with E-state index < -0.39 is 10.6 Å². The van der Waals surface area contributed by atoms with Crippen LogP contribution in [0.25, 0.3) is 0 Å². The van der Waals surface area contributed by atoms with Crippen LogP contribution < -0.4 is 0 Å². The molecule has 68 valence electrons. The zero-order valence-corrected chi connectivity index (χ0v) is 9.08. The predicted octanol–water partition coefficient (Wildman–Crippen LogP) is 2.73. The second-order valence-electron chi connectivity index (χ2n) is 4.62. The lowest BCUT2D eigenvalue weighted by molar-refractivity contribution is 0.553. The maximum atomic E-state index is 11.4. The maximum Gasteiger partial charge on any atom is 0.0266 e. The molecule has 2 nitrogen and oxygen atoms in total. The molecule has 0 atom stereocenters. The van der Waals surface area contributed by atoms with Crippen LogP contribution in [0, 0.1) is 0 Å². The fourth-order valence-corrected chi connectivity index (χ4v) is 1.16. The van der Waals surface area contributed by atoms with E-state index in [0.29, 0.717) is 0 Å². The molecular formula is C8H18NOS-. The summed E-state index contributed by atoms with van der Waals surface area (Å²) in [5, 5.41) is 0. The van der Waals surface area contributed by atoms with E-state index in [-0.39, 0.29) is 10.3 Å². The van der Waals surface area contributed by atoms with Crippen LogP contribution in [0.1, 0.15) is 41.5 Å². The van der Waals surface area contributed by atoms with Crippen molar-refractivity contribution in [2.45, 2.75) is 51.8 Å². The van der Waals surface area contributed by atoms with Crippen LogP contribution in [-0.4, -0.2) is 10.3 Å². The van der Waals surface area contributed by atoms with E-state index >= 15 is 0 Å². The van der Waals surface area contributed by atoms with E-state index in [1.807, 2.05) is 41.5 Å². The van der Waals surface area contributed by atoms with Gasteiger partial charge in [0.1, 0.15) is 0 Å². The minimum absolute atomic E-state index is 0.196. The van der Waals surface area contributed by atoms with Crippen molar-refractivity contribution in [3.8, 4) is 0 Å². The molecular weight excluding hydrogens is 158 g/mol. The molecule has 0 heterocycles. The first kappa shape index (κ1) is 11.0.